The van der Waals surface area contributed by atoms with E-state index in [9.17, 15) is 9.18 Å². The molecular weight excluding hydrogens is 273 g/mol. The molecule has 0 spiro atoms. The third-order valence-electron chi connectivity index (χ3n) is 2.94. The van der Waals surface area contributed by atoms with Crippen LogP contribution in [0, 0.1) is 11.7 Å². The molecule has 2 rings (SSSR count). The number of benzene rings is 1. The van der Waals surface area contributed by atoms with Crippen LogP contribution in [0.25, 0.3) is 0 Å². The van der Waals surface area contributed by atoms with Crippen LogP contribution in [-0.4, -0.2) is 5.91 Å². The summed E-state index contributed by atoms with van der Waals surface area (Å²) in [5, 5.41) is 2.83. The predicted molar refractivity (Wildman–Crippen MR) is 63.3 cm³/mol. The molecular formula is C12H13BrFNO. The van der Waals surface area contributed by atoms with Gasteiger partial charge in [-0.1, -0.05) is 22.4 Å². The highest BCUT2D eigenvalue weighted by Gasteiger charge is 2.24. The van der Waals surface area contributed by atoms with Gasteiger partial charge in [-0.3, -0.25) is 4.79 Å². The fourth-order valence-electron chi connectivity index (χ4n) is 1.68. The molecule has 2 nitrogen and oxygen atoms in total. The van der Waals surface area contributed by atoms with Gasteiger partial charge in [-0.15, -0.1) is 0 Å². The second kappa shape index (κ2) is 4.95. The third kappa shape index (κ3) is 2.61. The van der Waals surface area contributed by atoms with Gasteiger partial charge in [-0.2, -0.15) is 0 Å². The molecule has 1 saturated carbocycles. The predicted octanol–water partition coefficient (Wildman–Crippen LogP) is 3.00. The minimum Gasteiger partial charge on any atom is -0.352 e. The second-order valence-electron chi connectivity index (χ2n) is 4.08. The number of hydrogen-bond donors (Lipinski definition) is 1. The number of halogens is 2. The number of carbonyl (C=O) groups is 1. The molecule has 0 radical (unpaired) electrons. The summed E-state index contributed by atoms with van der Waals surface area (Å²) in [6.45, 7) is 0.383. The molecule has 1 N–H and O–H groups in total. The van der Waals surface area contributed by atoms with Crippen LogP contribution in [0.15, 0.2) is 22.7 Å². The molecule has 1 aromatic carbocycles. The van der Waals surface area contributed by atoms with Crippen molar-refractivity contribution in [2.45, 2.75) is 25.8 Å². The first-order valence-corrected chi connectivity index (χ1v) is 6.18. The molecule has 86 valence electrons. The molecule has 1 aromatic rings. The molecule has 0 unspecified atom stereocenters. The van der Waals surface area contributed by atoms with Crippen molar-refractivity contribution in [2.24, 2.45) is 5.92 Å². The summed E-state index contributed by atoms with van der Waals surface area (Å²) in [5.74, 6) is -0.0224. The lowest BCUT2D eigenvalue weighted by Crippen LogP contribution is -2.34. The fraction of sp³-hybridized carbons (Fsp3) is 0.417. The first-order chi connectivity index (χ1) is 7.66. The molecule has 0 atom stereocenters. The zero-order valence-electron chi connectivity index (χ0n) is 8.80. The molecule has 4 heteroatoms. The Hall–Kier alpha value is -0.900. The highest BCUT2D eigenvalue weighted by molar-refractivity contribution is 9.10. The zero-order chi connectivity index (χ0) is 11.5. The SMILES string of the molecule is O=C(NCc1cc(F)ccc1Br)C1CCC1. The molecule has 1 aliphatic carbocycles. The van der Waals surface area contributed by atoms with Gasteiger partial charge in [0.25, 0.3) is 0 Å². The number of carbonyl (C=O) groups excluding carboxylic acids is 1. The minimum atomic E-state index is -0.281. The average molecular weight is 286 g/mol. The Labute approximate surface area is 102 Å². The maximum Gasteiger partial charge on any atom is 0.223 e. The van der Waals surface area contributed by atoms with E-state index in [1.54, 1.807) is 6.07 Å². The van der Waals surface area contributed by atoms with Crippen molar-refractivity contribution in [3.8, 4) is 0 Å². The van der Waals surface area contributed by atoms with Gasteiger partial charge < -0.3 is 5.32 Å². The van der Waals surface area contributed by atoms with E-state index in [0.29, 0.717) is 6.54 Å². The van der Waals surface area contributed by atoms with Crippen molar-refractivity contribution < 1.29 is 9.18 Å². The fourth-order valence-corrected chi connectivity index (χ4v) is 2.06. The Morgan fingerprint density at radius 1 is 1.50 bits per heavy atom. The highest BCUT2D eigenvalue weighted by Crippen LogP contribution is 2.26. The second-order valence-corrected chi connectivity index (χ2v) is 4.94. The topological polar surface area (TPSA) is 29.1 Å². The quantitative estimate of drug-likeness (QED) is 0.909. The van der Waals surface area contributed by atoms with Crippen LogP contribution in [0.5, 0.6) is 0 Å². The number of nitrogens with one attached hydrogen (secondary N) is 1. The first-order valence-electron chi connectivity index (χ1n) is 5.38. The van der Waals surface area contributed by atoms with E-state index >= 15 is 0 Å². The van der Waals surface area contributed by atoms with Crippen molar-refractivity contribution in [3.63, 3.8) is 0 Å². The molecule has 0 heterocycles. The Morgan fingerprint density at radius 2 is 2.25 bits per heavy atom. The maximum absolute atomic E-state index is 13.0. The monoisotopic (exact) mass is 285 g/mol. The van der Waals surface area contributed by atoms with Crippen molar-refractivity contribution in [1.29, 1.82) is 0 Å². The van der Waals surface area contributed by atoms with Crippen LogP contribution >= 0.6 is 15.9 Å². The van der Waals surface area contributed by atoms with E-state index < -0.39 is 0 Å². The van der Waals surface area contributed by atoms with E-state index in [0.717, 1.165) is 29.3 Å². The lowest BCUT2D eigenvalue weighted by atomic mass is 9.85. The van der Waals surface area contributed by atoms with Crippen LogP contribution in [0.3, 0.4) is 0 Å². The maximum atomic E-state index is 13.0. The van der Waals surface area contributed by atoms with Gasteiger partial charge in [0.1, 0.15) is 5.82 Å². The summed E-state index contributed by atoms with van der Waals surface area (Å²) in [6, 6.07) is 4.48. The smallest absolute Gasteiger partial charge is 0.223 e. The number of amides is 1. The molecule has 0 aromatic heterocycles. The number of hydrogen-bond acceptors (Lipinski definition) is 1. The van der Waals surface area contributed by atoms with E-state index in [-0.39, 0.29) is 17.6 Å². The third-order valence-corrected chi connectivity index (χ3v) is 3.71. The molecule has 1 fully saturated rings. The summed E-state index contributed by atoms with van der Waals surface area (Å²) in [5.41, 5.74) is 0.771. The van der Waals surface area contributed by atoms with Gasteiger partial charge in [0.05, 0.1) is 0 Å². The Balaban J connectivity index is 1.93. The van der Waals surface area contributed by atoms with Gasteiger partial charge >= 0.3 is 0 Å². The lowest BCUT2D eigenvalue weighted by Gasteiger charge is -2.24. The van der Waals surface area contributed by atoms with E-state index in [4.69, 9.17) is 0 Å². The van der Waals surface area contributed by atoms with Gasteiger partial charge in [-0.25, -0.2) is 4.39 Å². The van der Waals surface area contributed by atoms with Gasteiger partial charge in [0.15, 0.2) is 0 Å². The van der Waals surface area contributed by atoms with E-state index in [1.807, 2.05) is 0 Å². The van der Waals surface area contributed by atoms with E-state index in [1.165, 1.54) is 12.1 Å². The van der Waals surface area contributed by atoms with Crippen LogP contribution in [0.2, 0.25) is 0 Å². The van der Waals surface area contributed by atoms with Crippen LogP contribution in [-0.2, 0) is 11.3 Å². The van der Waals surface area contributed by atoms with Gasteiger partial charge in [0.2, 0.25) is 5.91 Å². The normalized spacial score (nSPS) is 15.6. The Kier molecular flexibility index (Phi) is 3.59. The Bertz CT molecular complexity index is 404. The van der Waals surface area contributed by atoms with Crippen molar-refractivity contribution >= 4 is 21.8 Å². The van der Waals surface area contributed by atoms with Crippen molar-refractivity contribution in [2.75, 3.05) is 0 Å². The van der Waals surface area contributed by atoms with E-state index in [2.05, 4.69) is 21.2 Å². The standard InChI is InChI=1S/C12H13BrFNO/c13-11-5-4-10(14)6-9(11)7-15-12(16)8-2-1-3-8/h4-6,8H,1-3,7H2,(H,15,16). The van der Waals surface area contributed by atoms with Crippen LogP contribution in [0.4, 0.5) is 4.39 Å². The summed E-state index contributed by atoms with van der Waals surface area (Å²) >= 11 is 3.33. The molecule has 16 heavy (non-hydrogen) atoms. The lowest BCUT2D eigenvalue weighted by molar-refractivity contribution is -0.127. The van der Waals surface area contributed by atoms with Crippen LogP contribution < -0.4 is 5.32 Å². The summed E-state index contributed by atoms with van der Waals surface area (Å²) in [7, 11) is 0. The van der Waals surface area contributed by atoms with Gasteiger partial charge in [-0.05, 0) is 36.6 Å². The van der Waals surface area contributed by atoms with Crippen molar-refractivity contribution in [1.82, 2.24) is 5.32 Å². The largest absolute Gasteiger partial charge is 0.352 e. The van der Waals surface area contributed by atoms with Crippen LogP contribution in [0.1, 0.15) is 24.8 Å². The van der Waals surface area contributed by atoms with Gasteiger partial charge in [0, 0.05) is 16.9 Å². The highest BCUT2D eigenvalue weighted by atomic mass is 79.9. The molecule has 1 aliphatic rings. The number of rotatable bonds is 3. The average Bonchev–Trinajstić information content (AvgIpc) is 2.17. The molecule has 0 aliphatic heterocycles. The molecule has 0 bridgehead atoms. The summed E-state index contributed by atoms with van der Waals surface area (Å²) < 4.78 is 13.8. The summed E-state index contributed by atoms with van der Waals surface area (Å²) in [6.07, 6.45) is 3.11. The minimum absolute atomic E-state index is 0.0856. The zero-order valence-corrected chi connectivity index (χ0v) is 10.4. The molecule has 1 amide bonds. The van der Waals surface area contributed by atoms with Crippen molar-refractivity contribution in [3.05, 3.63) is 34.1 Å². The summed E-state index contributed by atoms with van der Waals surface area (Å²) in [4.78, 5) is 11.6. The Morgan fingerprint density at radius 3 is 2.88 bits per heavy atom. The first kappa shape index (κ1) is 11.6. The molecule has 0 saturated heterocycles.